The molecule has 0 aromatic carbocycles. The fraction of sp³-hybridized carbons (Fsp3) is 1.00. The molecule has 0 aromatic rings. The van der Waals surface area contributed by atoms with Crippen LogP contribution in [0, 0.1) is 0 Å². The van der Waals surface area contributed by atoms with Crippen molar-refractivity contribution in [3.63, 3.8) is 0 Å². The standard InChI is InChI=1S/C17H36O2/c1-3-5-6-7-8-9-10-11-13-17(19)15-14-16(18)12-4-2/h16-19H,3-15H2,1-2H3. The lowest BCUT2D eigenvalue weighted by Gasteiger charge is -2.13. The zero-order valence-electron chi connectivity index (χ0n) is 13.2. The van der Waals surface area contributed by atoms with Gasteiger partial charge in [-0.05, 0) is 25.7 Å². The first-order valence-electron chi connectivity index (χ1n) is 8.56. The molecule has 0 rings (SSSR count). The van der Waals surface area contributed by atoms with Gasteiger partial charge in [-0.25, -0.2) is 0 Å². The summed E-state index contributed by atoms with van der Waals surface area (Å²) in [6.45, 7) is 4.33. The van der Waals surface area contributed by atoms with Gasteiger partial charge in [0, 0.05) is 0 Å². The predicted molar refractivity (Wildman–Crippen MR) is 83.4 cm³/mol. The quantitative estimate of drug-likeness (QED) is 0.445. The number of rotatable bonds is 14. The minimum atomic E-state index is -0.210. The van der Waals surface area contributed by atoms with Crippen LogP contribution < -0.4 is 0 Å². The van der Waals surface area contributed by atoms with Gasteiger partial charge >= 0.3 is 0 Å². The molecule has 2 nitrogen and oxygen atoms in total. The molecule has 0 fully saturated rings. The van der Waals surface area contributed by atoms with E-state index in [-0.39, 0.29) is 12.2 Å². The van der Waals surface area contributed by atoms with E-state index in [1.165, 1.54) is 44.9 Å². The SMILES string of the molecule is CCCCCCCCCCC(O)CCC(O)CCC. The highest BCUT2D eigenvalue weighted by molar-refractivity contribution is 4.61. The van der Waals surface area contributed by atoms with Crippen LogP contribution in [0.2, 0.25) is 0 Å². The third-order valence-corrected chi connectivity index (χ3v) is 3.85. The fourth-order valence-corrected chi connectivity index (χ4v) is 2.52. The maximum atomic E-state index is 9.83. The molecule has 2 heteroatoms. The number of aliphatic hydroxyl groups is 2. The number of hydrogen-bond donors (Lipinski definition) is 2. The van der Waals surface area contributed by atoms with Crippen molar-refractivity contribution < 1.29 is 10.2 Å². The molecule has 0 amide bonds. The van der Waals surface area contributed by atoms with E-state index in [9.17, 15) is 10.2 Å². The summed E-state index contributed by atoms with van der Waals surface area (Å²) in [5, 5.41) is 19.4. The van der Waals surface area contributed by atoms with E-state index in [1.807, 2.05) is 0 Å². The van der Waals surface area contributed by atoms with Gasteiger partial charge < -0.3 is 10.2 Å². The molecule has 0 aliphatic heterocycles. The zero-order chi connectivity index (χ0) is 14.3. The third kappa shape index (κ3) is 14.1. The third-order valence-electron chi connectivity index (χ3n) is 3.85. The van der Waals surface area contributed by atoms with Crippen molar-refractivity contribution in [3.8, 4) is 0 Å². The Morgan fingerprint density at radius 3 is 1.53 bits per heavy atom. The summed E-state index contributed by atoms with van der Waals surface area (Å²) in [5.74, 6) is 0. The van der Waals surface area contributed by atoms with E-state index in [2.05, 4.69) is 13.8 Å². The highest BCUT2D eigenvalue weighted by Crippen LogP contribution is 2.14. The first-order valence-corrected chi connectivity index (χ1v) is 8.56. The van der Waals surface area contributed by atoms with E-state index in [4.69, 9.17) is 0 Å². The molecule has 0 aliphatic rings. The van der Waals surface area contributed by atoms with Crippen LogP contribution in [0.5, 0.6) is 0 Å². The van der Waals surface area contributed by atoms with Crippen LogP contribution in [-0.4, -0.2) is 22.4 Å². The monoisotopic (exact) mass is 272 g/mol. The molecule has 2 N–H and O–H groups in total. The Labute approximate surface area is 120 Å². The molecule has 19 heavy (non-hydrogen) atoms. The van der Waals surface area contributed by atoms with Gasteiger partial charge in [0.1, 0.15) is 0 Å². The Hall–Kier alpha value is -0.0800. The van der Waals surface area contributed by atoms with Gasteiger partial charge in [0.15, 0.2) is 0 Å². The summed E-state index contributed by atoms with van der Waals surface area (Å²) in [6, 6.07) is 0. The van der Waals surface area contributed by atoms with Crippen molar-refractivity contribution in [2.75, 3.05) is 0 Å². The van der Waals surface area contributed by atoms with Crippen LogP contribution in [0.4, 0.5) is 0 Å². The molecule has 0 saturated carbocycles. The van der Waals surface area contributed by atoms with Gasteiger partial charge in [-0.15, -0.1) is 0 Å². The fourth-order valence-electron chi connectivity index (χ4n) is 2.52. The summed E-state index contributed by atoms with van der Waals surface area (Å²) in [6.07, 6.45) is 14.4. The lowest BCUT2D eigenvalue weighted by atomic mass is 10.0. The average molecular weight is 272 g/mol. The molecule has 0 aromatic heterocycles. The van der Waals surface area contributed by atoms with E-state index in [1.54, 1.807) is 0 Å². The molecule has 2 atom stereocenters. The van der Waals surface area contributed by atoms with Crippen LogP contribution in [0.25, 0.3) is 0 Å². The second-order valence-corrected chi connectivity index (χ2v) is 5.94. The highest BCUT2D eigenvalue weighted by Gasteiger charge is 2.08. The van der Waals surface area contributed by atoms with Crippen LogP contribution in [-0.2, 0) is 0 Å². The van der Waals surface area contributed by atoms with Crippen molar-refractivity contribution in [1.82, 2.24) is 0 Å². The van der Waals surface area contributed by atoms with Crippen LogP contribution in [0.1, 0.15) is 97.3 Å². The van der Waals surface area contributed by atoms with Gasteiger partial charge in [-0.3, -0.25) is 0 Å². The normalized spacial score (nSPS) is 14.5. The summed E-state index contributed by atoms with van der Waals surface area (Å²) in [7, 11) is 0. The molecule has 116 valence electrons. The van der Waals surface area contributed by atoms with Crippen molar-refractivity contribution in [1.29, 1.82) is 0 Å². The first kappa shape index (κ1) is 18.9. The van der Waals surface area contributed by atoms with Crippen LogP contribution in [0.15, 0.2) is 0 Å². The molecule has 0 heterocycles. The van der Waals surface area contributed by atoms with E-state index in [0.717, 1.165) is 38.5 Å². The predicted octanol–water partition coefficient (Wildman–Crippen LogP) is 4.82. The molecule has 2 unspecified atom stereocenters. The second-order valence-electron chi connectivity index (χ2n) is 5.94. The summed E-state index contributed by atoms with van der Waals surface area (Å²) < 4.78 is 0. The van der Waals surface area contributed by atoms with Crippen LogP contribution >= 0.6 is 0 Å². The molecular weight excluding hydrogens is 236 g/mol. The first-order chi connectivity index (χ1) is 9.20. The highest BCUT2D eigenvalue weighted by atomic mass is 16.3. The van der Waals surface area contributed by atoms with E-state index < -0.39 is 0 Å². The van der Waals surface area contributed by atoms with Gasteiger partial charge in [-0.2, -0.15) is 0 Å². The van der Waals surface area contributed by atoms with Gasteiger partial charge in [0.2, 0.25) is 0 Å². The van der Waals surface area contributed by atoms with E-state index in [0.29, 0.717) is 0 Å². The Bertz CT molecular complexity index is 171. The number of hydrogen-bond acceptors (Lipinski definition) is 2. The number of aliphatic hydroxyl groups excluding tert-OH is 2. The summed E-state index contributed by atoms with van der Waals surface area (Å²) >= 11 is 0. The lowest BCUT2D eigenvalue weighted by molar-refractivity contribution is 0.102. The maximum Gasteiger partial charge on any atom is 0.0541 e. The average Bonchev–Trinajstić information content (AvgIpc) is 2.40. The summed E-state index contributed by atoms with van der Waals surface area (Å²) in [5.41, 5.74) is 0. The maximum absolute atomic E-state index is 9.83. The van der Waals surface area contributed by atoms with Crippen LogP contribution in [0.3, 0.4) is 0 Å². The Kier molecular flexibility index (Phi) is 14.3. The van der Waals surface area contributed by atoms with Gasteiger partial charge in [-0.1, -0.05) is 71.6 Å². The Balaban J connectivity index is 3.22. The van der Waals surface area contributed by atoms with Gasteiger partial charge in [0.05, 0.1) is 12.2 Å². The summed E-state index contributed by atoms with van der Waals surface area (Å²) in [4.78, 5) is 0. The minimum Gasteiger partial charge on any atom is -0.393 e. The Morgan fingerprint density at radius 1 is 0.526 bits per heavy atom. The molecule has 0 bridgehead atoms. The largest absolute Gasteiger partial charge is 0.393 e. The van der Waals surface area contributed by atoms with E-state index >= 15 is 0 Å². The minimum absolute atomic E-state index is 0.202. The van der Waals surface area contributed by atoms with Crippen molar-refractivity contribution in [3.05, 3.63) is 0 Å². The molecular formula is C17H36O2. The smallest absolute Gasteiger partial charge is 0.0541 e. The van der Waals surface area contributed by atoms with Gasteiger partial charge in [0.25, 0.3) is 0 Å². The zero-order valence-corrected chi connectivity index (χ0v) is 13.2. The van der Waals surface area contributed by atoms with Crippen molar-refractivity contribution in [2.45, 2.75) is 110 Å². The van der Waals surface area contributed by atoms with Crippen molar-refractivity contribution in [2.24, 2.45) is 0 Å². The molecule has 0 aliphatic carbocycles. The topological polar surface area (TPSA) is 40.5 Å². The Morgan fingerprint density at radius 2 is 1.00 bits per heavy atom. The molecule has 0 radical (unpaired) electrons. The second kappa shape index (κ2) is 14.3. The molecule has 0 spiro atoms. The lowest BCUT2D eigenvalue weighted by Crippen LogP contribution is -2.13. The van der Waals surface area contributed by atoms with Crippen molar-refractivity contribution >= 4 is 0 Å². The number of unbranched alkanes of at least 4 members (excludes halogenated alkanes) is 7. The molecule has 0 saturated heterocycles.